The molecule has 59 heavy (non-hydrogen) atoms. The van der Waals surface area contributed by atoms with Crippen LogP contribution in [0.25, 0.3) is 0 Å². The van der Waals surface area contributed by atoms with Crippen molar-refractivity contribution >= 4 is 90.9 Å². The van der Waals surface area contributed by atoms with Crippen molar-refractivity contribution in [3.8, 4) is 0 Å². The van der Waals surface area contributed by atoms with Gasteiger partial charge in [0.1, 0.15) is 0 Å². The summed E-state index contributed by atoms with van der Waals surface area (Å²) in [6.07, 6.45) is 0. The zero-order chi connectivity index (χ0) is 39.8. The molecule has 0 atom stereocenters. The summed E-state index contributed by atoms with van der Waals surface area (Å²) in [7, 11) is -3.11. The van der Waals surface area contributed by atoms with Gasteiger partial charge in [0.2, 0.25) is 0 Å². The monoisotopic (exact) mass is 1040 g/mol. The topological polar surface area (TPSA) is 17.1 Å². The van der Waals surface area contributed by atoms with E-state index in [-0.39, 0.29) is 29.5 Å². The Balaban J connectivity index is 0.00000142. The molecule has 0 radical (unpaired) electrons. The van der Waals surface area contributed by atoms with Crippen molar-refractivity contribution in [2.75, 3.05) is 0 Å². The van der Waals surface area contributed by atoms with E-state index >= 15 is 0 Å². The van der Waals surface area contributed by atoms with Crippen LogP contribution < -0.4 is 42.4 Å². The van der Waals surface area contributed by atoms with Gasteiger partial charge in [0.05, 0.1) is 0 Å². The van der Waals surface area contributed by atoms with E-state index in [9.17, 15) is 0 Å². The summed E-state index contributed by atoms with van der Waals surface area (Å²) in [5.74, 6) is 0. The summed E-state index contributed by atoms with van der Waals surface area (Å²) in [6, 6.07) is 92.1. The standard InChI is InChI=1S/2C25H21P2.CO.ClH.Pd.Rh/c2*1-5-13-22(14-6-1)26(23-15-7-2-8-16-23)21-27(24-17-9-3-10-18-24)25-19-11-4-12-20-25;1-2;;;/h2*1-21H;;1H;;. The van der Waals surface area contributed by atoms with Gasteiger partial charge in [0.25, 0.3) is 0 Å². The van der Waals surface area contributed by atoms with Gasteiger partial charge in [-0.2, -0.15) is 0 Å². The minimum absolute atomic E-state index is 0. The molecule has 0 fully saturated rings. The van der Waals surface area contributed by atoms with Gasteiger partial charge in [0.15, 0.2) is 0 Å². The van der Waals surface area contributed by atoms with Gasteiger partial charge in [0, 0.05) is 0 Å². The second-order valence-electron chi connectivity index (χ2n) is 12.9. The summed E-state index contributed by atoms with van der Waals surface area (Å²) in [4.78, 5) is 8.61. The maximum absolute atomic E-state index is 8.61. The van der Waals surface area contributed by atoms with Gasteiger partial charge in [-0.05, 0) is 0 Å². The Morgan fingerprint density at radius 2 is 0.424 bits per heavy atom. The van der Waals surface area contributed by atoms with Gasteiger partial charge in [-0.15, -0.1) is 12.4 Å². The Hall–Kier alpha value is -3.36. The number of rotatable bonds is 14. The van der Waals surface area contributed by atoms with Crippen LogP contribution in [0, 0.1) is 0 Å². The fraction of sp³-hybridized carbons (Fsp3) is 0.0392. The van der Waals surface area contributed by atoms with Crippen molar-refractivity contribution < 1.29 is 40.7 Å². The summed E-state index contributed by atoms with van der Waals surface area (Å²) in [6.45, 7) is 0. The van der Waals surface area contributed by atoms with E-state index in [1.54, 1.807) is 0 Å². The van der Waals surface area contributed by atoms with Crippen LogP contribution in [0.5, 0.6) is 0 Å². The normalized spacial score (nSPS) is 11.1. The van der Waals surface area contributed by atoms with Crippen molar-refractivity contribution in [3.63, 3.8) is 0 Å². The van der Waals surface area contributed by atoms with Crippen molar-refractivity contribution in [3.05, 3.63) is 243 Å². The van der Waals surface area contributed by atoms with Crippen LogP contribution in [0.3, 0.4) is 0 Å². The first-order valence-corrected chi connectivity index (χ1v) is 27.2. The Bertz CT molecular complexity index is 1930. The summed E-state index contributed by atoms with van der Waals surface area (Å²) >= 11 is 2.17. The Kier molecular flexibility index (Phi) is 18.5. The summed E-state index contributed by atoms with van der Waals surface area (Å²) in [5, 5.41) is 11.7. The second-order valence-corrected chi connectivity index (χ2v) is 28.5. The molecule has 299 valence electrons. The first kappa shape index (κ1) is 45.2. The summed E-state index contributed by atoms with van der Waals surface area (Å²) in [5.41, 5.74) is 0. The van der Waals surface area contributed by atoms with Crippen LogP contribution in [0.4, 0.5) is 0 Å². The zero-order valence-corrected chi connectivity index (χ0v) is 39.6. The van der Waals surface area contributed by atoms with Crippen LogP contribution in [0.2, 0.25) is 0 Å². The zero-order valence-electron chi connectivity index (χ0n) is 32.0. The molecule has 0 saturated carbocycles. The average Bonchev–Trinajstić information content (AvgIpc) is 3.30. The molecule has 0 aromatic heterocycles. The van der Waals surface area contributed by atoms with E-state index in [1.165, 1.54) is 46.8 Å². The van der Waals surface area contributed by atoms with Crippen molar-refractivity contribution in [1.29, 1.82) is 0 Å². The molecule has 8 aromatic rings. The molecular formula is C51H43ClOP4PdRh. The molecule has 0 aliphatic heterocycles. The van der Waals surface area contributed by atoms with E-state index in [4.69, 9.17) is 4.79 Å². The number of hydrogen-bond donors (Lipinski definition) is 0. The number of carbonyl (C=O) groups excluding carboxylic acids is 1. The molecule has 0 N–H and O–H groups in total. The van der Waals surface area contributed by atoms with Gasteiger partial charge in [-0.25, -0.2) is 0 Å². The Morgan fingerprint density at radius 3 is 0.542 bits per heavy atom. The first-order chi connectivity index (χ1) is 28.8. The maximum atomic E-state index is 8.61. The van der Waals surface area contributed by atoms with Crippen LogP contribution >= 0.6 is 44.1 Å². The van der Waals surface area contributed by atoms with E-state index in [0.717, 1.165) is 0 Å². The molecule has 0 spiro atoms. The Labute approximate surface area is 379 Å². The van der Waals surface area contributed by atoms with E-state index in [2.05, 4.69) is 261 Å². The minimum atomic E-state index is -0.778. The SMILES string of the molecule is Cl.O=[C]=[Pd].c1ccc(P(c2ccccc2)[CH]([Rh][CH](P(c2ccccc2)c2ccccc2)P(c2ccccc2)c2ccccc2)P(c2ccccc2)c2ccccc2)cc1. The van der Waals surface area contributed by atoms with Crippen LogP contribution in [0.15, 0.2) is 243 Å². The van der Waals surface area contributed by atoms with E-state index in [1.807, 2.05) is 0 Å². The molecule has 0 aliphatic rings. The van der Waals surface area contributed by atoms with Gasteiger partial charge < -0.3 is 0 Å². The van der Waals surface area contributed by atoms with Crippen molar-refractivity contribution in [1.82, 2.24) is 0 Å². The Morgan fingerprint density at radius 1 is 0.305 bits per heavy atom. The van der Waals surface area contributed by atoms with Crippen molar-refractivity contribution in [2.24, 2.45) is 0 Å². The molecular weight excluding hydrogens is 997 g/mol. The molecule has 0 bridgehead atoms. The second kappa shape index (κ2) is 24.2. The number of halogens is 1. The molecule has 0 saturated heterocycles. The predicted octanol–water partition coefficient (Wildman–Crippen LogP) is 10.2. The molecule has 8 rings (SSSR count). The van der Waals surface area contributed by atoms with Gasteiger partial charge >= 0.3 is 370 Å². The first-order valence-electron chi connectivity index (χ1n) is 18.9. The summed E-state index contributed by atoms with van der Waals surface area (Å²) < 4.78 is 2.16. The number of hydrogen-bond acceptors (Lipinski definition) is 1. The molecule has 0 heterocycles. The van der Waals surface area contributed by atoms with Crippen molar-refractivity contribution in [2.45, 2.75) is 7.99 Å². The third-order valence-corrected chi connectivity index (χ3v) is 28.9. The molecule has 8 aromatic carbocycles. The van der Waals surface area contributed by atoms with Crippen LogP contribution in [0.1, 0.15) is 0 Å². The fourth-order valence-corrected chi connectivity index (χ4v) is 32.6. The fourth-order valence-electron chi connectivity index (χ4n) is 6.75. The van der Waals surface area contributed by atoms with Crippen LogP contribution in [-0.2, 0) is 40.7 Å². The molecule has 0 aliphatic carbocycles. The molecule has 1 nitrogen and oxygen atoms in total. The van der Waals surface area contributed by atoms with Gasteiger partial charge in [-0.1, -0.05) is 0 Å². The van der Waals surface area contributed by atoms with E-state index < -0.39 is 31.7 Å². The predicted molar refractivity (Wildman–Crippen MR) is 257 cm³/mol. The van der Waals surface area contributed by atoms with E-state index in [0.29, 0.717) is 7.99 Å². The third-order valence-electron chi connectivity index (χ3n) is 9.28. The third kappa shape index (κ3) is 11.9. The number of benzene rings is 8. The van der Waals surface area contributed by atoms with Crippen LogP contribution in [-0.4, -0.2) is 12.3 Å². The molecule has 8 heteroatoms. The quantitative estimate of drug-likeness (QED) is 0.0784. The van der Waals surface area contributed by atoms with Gasteiger partial charge in [-0.3, -0.25) is 0 Å². The average molecular weight is 1040 g/mol. The molecule has 0 amide bonds. The molecule has 0 unspecified atom stereocenters.